The fraction of sp³-hybridized carbons (Fsp3) is 0.727. The predicted molar refractivity (Wildman–Crippen MR) is 110 cm³/mol. The fourth-order valence-electron chi connectivity index (χ4n) is 4.39. The van der Waals surface area contributed by atoms with Gasteiger partial charge in [-0.2, -0.15) is 0 Å². The molecular formula is C22H33ClO6. The van der Waals surface area contributed by atoms with E-state index >= 15 is 0 Å². The SMILES string of the molecule is CC(C)(C)C1CCC(Oc2cc([C@@H]3OC(CO)[C@@H](O)[C@H](O)[C@H]3O)ccc2Cl)CC1. The van der Waals surface area contributed by atoms with Crippen molar-refractivity contribution in [2.24, 2.45) is 11.3 Å². The highest BCUT2D eigenvalue weighted by Crippen LogP contribution is 2.40. The first-order valence-corrected chi connectivity index (χ1v) is 10.8. The molecule has 0 amide bonds. The molecule has 164 valence electrons. The Morgan fingerprint density at radius 1 is 1.03 bits per heavy atom. The molecule has 0 aromatic heterocycles. The zero-order valence-corrected chi connectivity index (χ0v) is 18.0. The van der Waals surface area contributed by atoms with Crippen LogP contribution in [-0.2, 0) is 4.74 Å². The molecule has 3 rings (SSSR count). The van der Waals surface area contributed by atoms with Crippen molar-refractivity contribution in [1.82, 2.24) is 0 Å². The first-order valence-electron chi connectivity index (χ1n) is 10.4. The molecule has 1 unspecified atom stereocenters. The van der Waals surface area contributed by atoms with Crippen molar-refractivity contribution < 1.29 is 29.9 Å². The van der Waals surface area contributed by atoms with E-state index < -0.39 is 37.1 Å². The van der Waals surface area contributed by atoms with Gasteiger partial charge in [0.25, 0.3) is 0 Å². The van der Waals surface area contributed by atoms with E-state index in [0.717, 1.165) is 25.7 Å². The largest absolute Gasteiger partial charge is 0.489 e. The van der Waals surface area contributed by atoms with Gasteiger partial charge in [0.15, 0.2) is 0 Å². The highest BCUT2D eigenvalue weighted by molar-refractivity contribution is 6.32. The summed E-state index contributed by atoms with van der Waals surface area (Å²) < 4.78 is 11.8. The topological polar surface area (TPSA) is 99.4 Å². The summed E-state index contributed by atoms with van der Waals surface area (Å²) in [6.45, 7) is 6.37. The molecule has 1 saturated heterocycles. The lowest BCUT2D eigenvalue weighted by Gasteiger charge is -2.40. The monoisotopic (exact) mass is 428 g/mol. The predicted octanol–water partition coefficient (Wildman–Crippen LogP) is 2.84. The summed E-state index contributed by atoms with van der Waals surface area (Å²) in [4.78, 5) is 0. The Labute approximate surface area is 177 Å². The second-order valence-corrected chi connectivity index (χ2v) is 9.80. The van der Waals surface area contributed by atoms with Gasteiger partial charge < -0.3 is 29.9 Å². The van der Waals surface area contributed by atoms with Crippen LogP contribution in [0.3, 0.4) is 0 Å². The van der Waals surface area contributed by atoms with Crippen LogP contribution in [0.2, 0.25) is 5.02 Å². The van der Waals surface area contributed by atoms with Crippen LogP contribution in [-0.4, -0.2) is 57.6 Å². The molecule has 1 aromatic rings. The second-order valence-electron chi connectivity index (χ2n) is 9.40. The summed E-state index contributed by atoms with van der Waals surface area (Å²) in [5, 5.41) is 40.3. The van der Waals surface area contributed by atoms with Crippen molar-refractivity contribution in [3.05, 3.63) is 28.8 Å². The third-order valence-electron chi connectivity index (χ3n) is 6.37. The van der Waals surface area contributed by atoms with Gasteiger partial charge in [0.05, 0.1) is 17.7 Å². The van der Waals surface area contributed by atoms with Crippen LogP contribution in [0.25, 0.3) is 0 Å². The van der Waals surface area contributed by atoms with Crippen molar-refractivity contribution in [3.63, 3.8) is 0 Å². The summed E-state index contributed by atoms with van der Waals surface area (Å²) in [6.07, 6.45) is -1.76. The summed E-state index contributed by atoms with van der Waals surface area (Å²) in [6, 6.07) is 5.08. The highest BCUT2D eigenvalue weighted by Gasteiger charge is 2.44. The minimum absolute atomic E-state index is 0.0798. The van der Waals surface area contributed by atoms with Crippen molar-refractivity contribution in [2.75, 3.05) is 6.61 Å². The number of halogens is 1. The molecule has 4 N–H and O–H groups in total. The Hall–Kier alpha value is -0.890. The standard InChI is InChI=1S/C22H33ClO6/c1-22(2,3)13-5-7-14(8-6-13)28-16-10-12(4-9-15(16)23)21-20(27)19(26)18(25)17(11-24)29-21/h4,9-10,13-14,17-21,24-27H,5-8,11H2,1-3H3/t13?,14?,17?,18-,19+,20-,21+/m1/s1. The maximum atomic E-state index is 10.4. The van der Waals surface area contributed by atoms with E-state index in [-0.39, 0.29) is 6.10 Å². The Balaban J connectivity index is 1.72. The molecule has 0 radical (unpaired) electrons. The molecule has 6 nitrogen and oxygen atoms in total. The number of hydrogen-bond acceptors (Lipinski definition) is 6. The van der Waals surface area contributed by atoms with Crippen molar-refractivity contribution in [3.8, 4) is 5.75 Å². The summed E-state index contributed by atoms with van der Waals surface area (Å²) in [5.74, 6) is 1.19. The van der Waals surface area contributed by atoms with E-state index in [1.807, 2.05) is 0 Å². The van der Waals surface area contributed by atoms with Gasteiger partial charge in [-0.3, -0.25) is 0 Å². The first-order chi connectivity index (χ1) is 13.6. The number of hydrogen-bond donors (Lipinski definition) is 4. The van der Waals surface area contributed by atoms with Crippen LogP contribution in [0.4, 0.5) is 0 Å². The third-order valence-corrected chi connectivity index (χ3v) is 6.68. The average Bonchev–Trinajstić information content (AvgIpc) is 2.68. The minimum atomic E-state index is -1.42. The molecular weight excluding hydrogens is 396 g/mol. The van der Waals surface area contributed by atoms with Crippen LogP contribution in [0.5, 0.6) is 5.75 Å². The van der Waals surface area contributed by atoms with Crippen molar-refractivity contribution in [1.29, 1.82) is 0 Å². The Morgan fingerprint density at radius 3 is 2.28 bits per heavy atom. The zero-order valence-electron chi connectivity index (χ0n) is 17.3. The van der Waals surface area contributed by atoms with Crippen LogP contribution >= 0.6 is 11.6 Å². The first kappa shape index (κ1) is 22.8. The van der Waals surface area contributed by atoms with Gasteiger partial charge >= 0.3 is 0 Å². The van der Waals surface area contributed by atoms with Crippen LogP contribution in [0.15, 0.2) is 18.2 Å². The third kappa shape index (κ3) is 5.06. The molecule has 0 bridgehead atoms. The van der Waals surface area contributed by atoms with E-state index in [9.17, 15) is 20.4 Å². The van der Waals surface area contributed by atoms with Gasteiger partial charge in [0.2, 0.25) is 0 Å². The van der Waals surface area contributed by atoms with Gasteiger partial charge in [-0.1, -0.05) is 38.4 Å². The van der Waals surface area contributed by atoms with Crippen LogP contribution in [0.1, 0.15) is 58.1 Å². The molecule has 7 heteroatoms. The number of aliphatic hydroxyl groups excluding tert-OH is 4. The number of rotatable bonds is 4. The van der Waals surface area contributed by atoms with Crippen molar-refractivity contribution in [2.45, 2.75) is 83.1 Å². The van der Waals surface area contributed by atoms with Gasteiger partial charge in [-0.05, 0) is 54.7 Å². The molecule has 1 saturated carbocycles. The lowest BCUT2D eigenvalue weighted by molar-refractivity contribution is -0.231. The Kier molecular flexibility index (Phi) is 7.14. The number of aliphatic hydroxyl groups is 4. The van der Waals surface area contributed by atoms with E-state index in [2.05, 4.69) is 20.8 Å². The van der Waals surface area contributed by atoms with E-state index in [1.165, 1.54) is 0 Å². The zero-order chi connectivity index (χ0) is 21.3. The summed E-state index contributed by atoms with van der Waals surface area (Å²) in [5.41, 5.74) is 0.871. The molecule has 1 aliphatic heterocycles. The maximum absolute atomic E-state index is 10.4. The molecule has 0 spiro atoms. The normalized spacial score (nSPS) is 36.1. The molecule has 2 fully saturated rings. The van der Waals surface area contributed by atoms with E-state index in [1.54, 1.807) is 18.2 Å². The van der Waals surface area contributed by atoms with Gasteiger partial charge in [-0.15, -0.1) is 0 Å². The Bertz CT molecular complexity index is 680. The minimum Gasteiger partial charge on any atom is -0.489 e. The van der Waals surface area contributed by atoms with Crippen molar-refractivity contribution >= 4 is 11.6 Å². The number of benzene rings is 1. The van der Waals surface area contributed by atoms with E-state index in [4.69, 9.17) is 21.1 Å². The fourth-order valence-corrected chi connectivity index (χ4v) is 4.55. The smallest absolute Gasteiger partial charge is 0.138 e. The van der Waals surface area contributed by atoms with E-state index in [0.29, 0.717) is 27.7 Å². The second kappa shape index (κ2) is 9.08. The lowest BCUT2D eigenvalue weighted by Crippen LogP contribution is -2.55. The molecule has 1 aromatic carbocycles. The molecule has 5 atom stereocenters. The quantitative estimate of drug-likeness (QED) is 0.588. The highest BCUT2D eigenvalue weighted by atomic mass is 35.5. The summed E-state index contributed by atoms with van der Waals surface area (Å²) >= 11 is 6.34. The van der Waals surface area contributed by atoms with Crippen LogP contribution < -0.4 is 4.74 Å². The van der Waals surface area contributed by atoms with Gasteiger partial charge in [-0.25, -0.2) is 0 Å². The van der Waals surface area contributed by atoms with Gasteiger partial charge in [0, 0.05) is 0 Å². The van der Waals surface area contributed by atoms with Gasteiger partial charge in [0.1, 0.15) is 36.3 Å². The maximum Gasteiger partial charge on any atom is 0.138 e. The molecule has 29 heavy (non-hydrogen) atoms. The Morgan fingerprint density at radius 2 is 1.69 bits per heavy atom. The molecule has 1 aliphatic carbocycles. The number of ether oxygens (including phenoxy) is 2. The molecule has 2 aliphatic rings. The molecule has 1 heterocycles. The van der Waals surface area contributed by atoms with Crippen LogP contribution in [0, 0.1) is 11.3 Å². The summed E-state index contributed by atoms with van der Waals surface area (Å²) in [7, 11) is 0. The lowest BCUT2D eigenvalue weighted by atomic mass is 9.72. The average molecular weight is 429 g/mol.